The molecule has 4 rings (SSSR count). The number of carbonyl (C=O) groups excluding carboxylic acids is 2. The van der Waals surface area contributed by atoms with Crippen LogP contribution in [0, 0.1) is 22.7 Å². The molecule has 0 aliphatic heterocycles. The van der Waals surface area contributed by atoms with Gasteiger partial charge in [0.15, 0.2) is 0 Å². The van der Waals surface area contributed by atoms with E-state index >= 15 is 0 Å². The van der Waals surface area contributed by atoms with E-state index in [4.69, 9.17) is 9.47 Å². The number of hydrogen-bond donors (Lipinski definition) is 2. The molecule has 1 amide bonds. The summed E-state index contributed by atoms with van der Waals surface area (Å²) >= 11 is 0. The van der Waals surface area contributed by atoms with E-state index in [1.54, 1.807) is 14.0 Å². The van der Waals surface area contributed by atoms with E-state index in [1.165, 1.54) is 5.57 Å². The first-order valence-electron chi connectivity index (χ1n) is 11.5. The Morgan fingerprint density at radius 1 is 1.25 bits per heavy atom. The molecule has 0 aromatic heterocycles. The molecule has 1 radical (unpaired) electrons. The van der Waals surface area contributed by atoms with Gasteiger partial charge < -0.3 is 19.9 Å². The van der Waals surface area contributed by atoms with Gasteiger partial charge in [-0.05, 0) is 79.9 Å². The fourth-order valence-electron chi connectivity index (χ4n) is 7.15. The van der Waals surface area contributed by atoms with Crippen LogP contribution in [0.15, 0.2) is 34.8 Å². The van der Waals surface area contributed by atoms with Crippen molar-refractivity contribution in [2.45, 2.75) is 71.3 Å². The molecular weight excluding hydrogens is 433 g/mol. The van der Waals surface area contributed by atoms with Gasteiger partial charge in [0, 0.05) is 63.2 Å². The largest absolute Gasteiger partial charge is 0.501 e. The van der Waals surface area contributed by atoms with Gasteiger partial charge in [-0.1, -0.05) is 19.9 Å². The molecule has 0 heterocycles. The van der Waals surface area contributed by atoms with Crippen LogP contribution >= 0.6 is 0 Å². The Bertz CT molecular complexity index is 880. The second-order valence-corrected chi connectivity index (χ2v) is 9.97. The SMILES string of the molecule is CCOC(=O)C(NC=O)=C1CC[C@H]2[C@@H]3CC=C4C=C(OC)CC[C@]4(C)[C@@]3(O)CC[C@]12C.[K]. The number of amides is 1. The van der Waals surface area contributed by atoms with Gasteiger partial charge in [-0.3, -0.25) is 4.79 Å². The minimum Gasteiger partial charge on any atom is -0.501 e. The predicted molar refractivity (Wildman–Crippen MR) is 122 cm³/mol. The second-order valence-electron chi connectivity index (χ2n) is 9.97. The molecule has 0 aromatic rings. The molecule has 0 spiro atoms. The topological polar surface area (TPSA) is 84.9 Å². The van der Waals surface area contributed by atoms with Gasteiger partial charge >= 0.3 is 5.97 Å². The number of allylic oxidation sites excluding steroid dienone is 4. The van der Waals surface area contributed by atoms with Crippen LogP contribution in [-0.2, 0) is 19.1 Å². The number of nitrogens with one attached hydrogen (secondary N) is 1. The fraction of sp³-hybridized carbons (Fsp3) is 0.680. The number of carbonyl (C=O) groups is 2. The van der Waals surface area contributed by atoms with Crippen molar-refractivity contribution >= 4 is 63.8 Å². The standard InChI is InChI=1S/C25H35NO5.K/c1-5-31-22(28)21(26-15-27)20-9-8-18-19-7-6-16-14-17(30-4)10-11-24(16,3)25(19,29)13-12-23(18,20)2;/h6,14-15,18-19,29H,5,7-13H2,1-4H3,(H,26,27);/t18-,19-,23-,24-,25+;/m0./s1. The average molecular weight is 469 g/mol. The Hall–Kier alpha value is -0.444. The Kier molecular flexibility index (Phi) is 7.90. The van der Waals surface area contributed by atoms with Gasteiger partial charge in [0.05, 0.1) is 25.1 Å². The number of hydrogen-bond acceptors (Lipinski definition) is 5. The van der Waals surface area contributed by atoms with Crippen LogP contribution in [0.1, 0.15) is 65.7 Å². The van der Waals surface area contributed by atoms with Crippen LogP contribution in [0.25, 0.3) is 0 Å². The van der Waals surface area contributed by atoms with E-state index in [9.17, 15) is 14.7 Å². The summed E-state index contributed by atoms with van der Waals surface area (Å²) in [5, 5.41) is 14.8. The van der Waals surface area contributed by atoms with Gasteiger partial charge in [-0.25, -0.2) is 4.79 Å². The maximum Gasteiger partial charge on any atom is 0.354 e. The molecule has 5 atom stereocenters. The van der Waals surface area contributed by atoms with E-state index in [-0.39, 0.29) is 80.7 Å². The van der Waals surface area contributed by atoms with Crippen molar-refractivity contribution in [1.82, 2.24) is 5.32 Å². The van der Waals surface area contributed by atoms with E-state index in [2.05, 4.69) is 31.3 Å². The van der Waals surface area contributed by atoms with Crippen LogP contribution in [0.4, 0.5) is 0 Å². The zero-order chi connectivity index (χ0) is 22.4. The normalized spacial score (nSPS) is 39.2. The van der Waals surface area contributed by atoms with E-state index in [0.717, 1.165) is 49.9 Å². The van der Waals surface area contributed by atoms with Crippen molar-refractivity contribution in [1.29, 1.82) is 0 Å². The van der Waals surface area contributed by atoms with Crippen LogP contribution in [0.5, 0.6) is 0 Å². The smallest absolute Gasteiger partial charge is 0.354 e. The Balaban J connectivity index is 0.00000289. The Morgan fingerprint density at radius 2 is 2.00 bits per heavy atom. The zero-order valence-electron chi connectivity index (χ0n) is 20.1. The van der Waals surface area contributed by atoms with Crippen molar-refractivity contribution in [3.05, 3.63) is 34.8 Å². The molecule has 2 N–H and O–H groups in total. The molecule has 6 nitrogen and oxygen atoms in total. The van der Waals surface area contributed by atoms with Gasteiger partial charge in [0.25, 0.3) is 0 Å². The number of aliphatic hydroxyl groups is 1. The van der Waals surface area contributed by atoms with E-state index < -0.39 is 11.6 Å². The van der Waals surface area contributed by atoms with E-state index in [1.807, 2.05) is 0 Å². The molecular formula is C25H35KNO5. The van der Waals surface area contributed by atoms with Crippen LogP contribution < -0.4 is 5.32 Å². The molecule has 0 unspecified atom stereocenters. The third-order valence-electron chi connectivity index (χ3n) is 8.96. The van der Waals surface area contributed by atoms with Gasteiger partial charge in [0.1, 0.15) is 5.70 Å². The molecule has 0 saturated heterocycles. The van der Waals surface area contributed by atoms with Gasteiger partial charge in [-0.15, -0.1) is 0 Å². The molecule has 7 heteroatoms. The molecule has 171 valence electrons. The molecule has 32 heavy (non-hydrogen) atoms. The maximum atomic E-state index is 12.6. The zero-order valence-corrected chi connectivity index (χ0v) is 23.2. The minimum atomic E-state index is -0.783. The van der Waals surface area contributed by atoms with Gasteiger partial charge in [0.2, 0.25) is 6.41 Å². The minimum absolute atomic E-state index is 0. The van der Waals surface area contributed by atoms with Crippen molar-refractivity contribution in [2.75, 3.05) is 13.7 Å². The Morgan fingerprint density at radius 3 is 2.66 bits per heavy atom. The van der Waals surface area contributed by atoms with Crippen LogP contribution in [0.2, 0.25) is 0 Å². The summed E-state index contributed by atoms with van der Waals surface area (Å²) in [5.41, 5.74) is 1.16. The fourth-order valence-corrected chi connectivity index (χ4v) is 7.15. The van der Waals surface area contributed by atoms with Crippen LogP contribution in [0.3, 0.4) is 0 Å². The first-order chi connectivity index (χ1) is 14.7. The quantitative estimate of drug-likeness (QED) is 0.280. The third kappa shape index (κ3) is 3.81. The van der Waals surface area contributed by atoms with Crippen molar-refractivity contribution in [3.8, 4) is 0 Å². The summed E-state index contributed by atoms with van der Waals surface area (Å²) in [7, 11) is 1.71. The second kappa shape index (κ2) is 9.66. The molecule has 4 aliphatic carbocycles. The number of methoxy groups -OCH3 is 1. The maximum absolute atomic E-state index is 12.6. The molecule has 0 aromatic carbocycles. The number of fused-ring (bicyclic) bond motifs is 5. The number of rotatable bonds is 5. The number of esters is 1. The average Bonchev–Trinajstić information content (AvgIpc) is 3.09. The third-order valence-corrected chi connectivity index (χ3v) is 8.96. The van der Waals surface area contributed by atoms with E-state index in [0.29, 0.717) is 18.5 Å². The first kappa shape index (κ1) is 26.2. The molecule has 4 aliphatic rings. The van der Waals surface area contributed by atoms with Crippen molar-refractivity contribution in [2.24, 2.45) is 22.7 Å². The summed E-state index contributed by atoms with van der Waals surface area (Å²) < 4.78 is 10.7. The molecule has 2 fully saturated rings. The Labute approximate surface area is 233 Å². The monoisotopic (exact) mass is 468 g/mol. The predicted octanol–water partition coefficient (Wildman–Crippen LogP) is 3.39. The van der Waals surface area contributed by atoms with Crippen molar-refractivity contribution in [3.63, 3.8) is 0 Å². The number of ether oxygens (including phenoxy) is 2. The molecule has 2 saturated carbocycles. The summed E-state index contributed by atoms with van der Waals surface area (Å²) in [6.45, 7) is 6.44. The summed E-state index contributed by atoms with van der Waals surface area (Å²) in [5.74, 6) is 0.891. The summed E-state index contributed by atoms with van der Waals surface area (Å²) in [4.78, 5) is 23.9. The van der Waals surface area contributed by atoms with Crippen LogP contribution in [-0.4, -0.2) is 88.2 Å². The summed E-state index contributed by atoms with van der Waals surface area (Å²) in [6.07, 6.45) is 10.6. The van der Waals surface area contributed by atoms with Gasteiger partial charge in [-0.2, -0.15) is 0 Å². The van der Waals surface area contributed by atoms with Crippen molar-refractivity contribution < 1.29 is 24.2 Å². The summed E-state index contributed by atoms with van der Waals surface area (Å²) in [6, 6.07) is 0. The molecule has 0 bridgehead atoms. The first-order valence-corrected chi connectivity index (χ1v) is 11.5.